The Balaban J connectivity index is 2.05. The SMILES string of the molecule is CCCNC(Cc1ccccn1)Cc1cnccc1N. The number of rotatable bonds is 7. The number of nitrogens with zero attached hydrogens (tertiary/aromatic N) is 2. The Morgan fingerprint density at radius 3 is 2.80 bits per heavy atom. The minimum atomic E-state index is 0.330. The number of hydrogen-bond acceptors (Lipinski definition) is 4. The number of nitrogens with two attached hydrogens (primary N) is 1. The lowest BCUT2D eigenvalue weighted by Gasteiger charge is -2.19. The lowest BCUT2D eigenvalue weighted by atomic mass is 10.0. The van der Waals surface area contributed by atoms with Crippen molar-refractivity contribution in [3.05, 3.63) is 54.1 Å². The number of nitrogens with one attached hydrogen (secondary N) is 1. The lowest BCUT2D eigenvalue weighted by molar-refractivity contribution is 0.500. The van der Waals surface area contributed by atoms with E-state index in [0.717, 1.165) is 42.8 Å². The highest BCUT2D eigenvalue weighted by molar-refractivity contribution is 5.44. The fourth-order valence-electron chi connectivity index (χ4n) is 2.21. The molecular weight excluding hydrogens is 248 g/mol. The van der Waals surface area contributed by atoms with Gasteiger partial charge in [-0.25, -0.2) is 0 Å². The molecule has 0 aliphatic rings. The minimum Gasteiger partial charge on any atom is -0.398 e. The first-order chi connectivity index (χ1) is 9.79. The molecule has 0 fully saturated rings. The first-order valence-electron chi connectivity index (χ1n) is 7.11. The van der Waals surface area contributed by atoms with Crippen LogP contribution in [0.3, 0.4) is 0 Å². The zero-order chi connectivity index (χ0) is 14.2. The third-order valence-corrected chi connectivity index (χ3v) is 3.27. The maximum Gasteiger partial charge on any atom is 0.0419 e. The number of pyridine rings is 2. The normalized spacial score (nSPS) is 12.2. The van der Waals surface area contributed by atoms with Gasteiger partial charge in [-0.15, -0.1) is 0 Å². The van der Waals surface area contributed by atoms with Gasteiger partial charge in [-0.2, -0.15) is 0 Å². The molecule has 0 aliphatic carbocycles. The summed E-state index contributed by atoms with van der Waals surface area (Å²) in [6.45, 7) is 3.17. The smallest absolute Gasteiger partial charge is 0.0419 e. The van der Waals surface area contributed by atoms with Crippen molar-refractivity contribution in [2.45, 2.75) is 32.2 Å². The van der Waals surface area contributed by atoms with E-state index in [2.05, 4.69) is 28.3 Å². The fraction of sp³-hybridized carbons (Fsp3) is 0.375. The molecule has 4 heteroatoms. The Kier molecular flexibility index (Phi) is 5.50. The number of hydrogen-bond donors (Lipinski definition) is 2. The highest BCUT2D eigenvalue weighted by Gasteiger charge is 2.12. The summed E-state index contributed by atoms with van der Waals surface area (Å²) < 4.78 is 0. The quantitative estimate of drug-likeness (QED) is 0.809. The van der Waals surface area contributed by atoms with Crippen molar-refractivity contribution in [2.24, 2.45) is 0 Å². The van der Waals surface area contributed by atoms with Crippen LogP contribution in [0.2, 0.25) is 0 Å². The van der Waals surface area contributed by atoms with Crippen LogP contribution in [0.5, 0.6) is 0 Å². The van der Waals surface area contributed by atoms with Crippen molar-refractivity contribution in [1.29, 1.82) is 0 Å². The summed E-state index contributed by atoms with van der Waals surface area (Å²) in [7, 11) is 0. The monoisotopic (exact) mass is 270 g/mol. The summed E-state index contributed by atoms with van der Waals surface area (Å²) in [5.74, 6) is 0. The first-order valence-corrected chi connectivity index (χ1v) is 7.11. The van der Waals surface area contributed by atoms with E-state index in [0.29, 0.717) is 6.04 Å². The molecular formula is C16H22N4. The highest BCUT2D eigenvalue weighted by atomic mass is 14.9. The summed E-state index contributed by atoms with van der Waals surface area (Å²) in [6.07, 6.45) is 8.30. The molecule has 2 rings (SSSR count). The van der Waals surface area contributed by atoms with Crippen LogP contribution in [-0.2, 0) is 12.8 Å². The third-order valence-electron chi connectivity index (χ3n) is 3.27. The van der Waals surface area contributed by atoms with Crippen molar-refractivity contribution in [2.75, 3.05) is 12.3 Å². The highest BCUT2D eigenvalue weighted by Crippen LogP contribution is 2.13. The van der Waals surface area contributed by atoms with Crippen molar-refractivity contribution >= 4 is 5.69 Å². The topological polar surface area (TPSA) is 63.8 Å². The van der Waals surface area contributed by atoms with E-state index in [4.69, 9.17) is 5.73 Å². The Morgan fingerprint density at radius 2 is 2.10 bits per heavy atom. The van der Waals surface area contributed by atoms with Gasteiger partial charge in [-0.3, -0.25) is 9.97 Å². The molecule has 1 atom stereocenters. The molecule has 0 saturated carbocycles. The van der Waals surface area contributed by atoms with Gasteiger partial charge in [0.15, 0.2) is 0 Å². The lowest BCUT2D eigenvalue weighted by Crippen LogP contribution is -2.34. The molecule has 4 nitrogen and oxygen atoms in total. The average molecular weight is 270 g/mol. The Hall–Kier alpha value is -1.94. The number of aromatic nitrogens is 2. The van der Waals surface area contributed by atoms with E-state index in [1.807, 2.05) is 30.6 Å². The van der Waals surface area contributed by atoms with E-state index in [1.54, 1.807) is 6.20 Å². The van der Waals surface area contributed by atoms with Gasteiger partial charge in [-0.1, -0.05) is 13.0 Å². The van der Waals surface area contributed by atoms with Gasteiger partial charge in [0.2, 0.25) is 0 Å². The van der Waals surface area contributed by atoms with E-state index >= 15 is 0 Å². The molecule has 2 aromatic rings. The number of anilines is 1. The third kappa shape index (κ3) is 4.31. The van der Waals surface area contributed by atoms with Crippen molar-refractivity contribution in [3.63, 3.8) is 0 Å². The maximum absolute atomic E-state index is 6.01. The zero-order valence-corrected chi connectivity index (χ0v) is 11.9. The Morgan fingerprint density at radius 1 is 1.20 bits per heavy atom. The molecule has 0 aliphatic heterocycles. The largest absolute Gasteiger partial charge is 0.398 e. The summed E-state index contributed by atoms with van der Waals surface area (Å²) in [4.78, 5) is 8.57. The Labute approximate surface area is 120 Å². The average Bonchev–Trinajstić information content (AvgIpc) is 2.48. The summed E-state index contributed by atoms with van der Waals surface area (Å²) >= 11 is 0. The maximum atomic E-state index is 6.01. The van der Waals surface area contributed by atoms with E-state index in [-0.39, 0.29) is 0 Å². The predicted octanol–water partition coefficient (Wildman–Crippen LogP) is 2.21. The Bertz CT molecular complexity index is 513. The van der Waals surface area contributed by atoms with Crippen molar-refractivity contribution in [1.82, 2.24) is 15.3 Å². The second-order valence-corrected chi connectivity index (χ2v) is 4.95. The molecule has 0 aromatic carbocycles. The van der Waals surface area contributed by atoms with Crippen LogP contribution in [0.4, 0.5) is 5.69 Å². The van der Waals surface area contributed by atoms with Gasteiger partial charge < -0.3 is 11.1 Å². The zero-order valence-electron chi connectivity index (χ0n) is 11.9. The second kappa shape index (κ2) is 7.60. The molecule has 0 spiro atoms. The van der Waals surface area contributed by atoms with Crippen LogP contribution in [0, 0.1) is 0 Å². The molecule has 20 heavy (non-hydrogen) atoms. The fourth-order valence-corrected chi connectivity index (χ4v) is 2.21. The molecule has 106 valence electrons. The minimum absolute atomic E-state index is 0.330. The van der Waals surface area contributed by atoms with Gasteiger partial charge in [0.25, 0.3) is 0 Å². The van der Waals surface area contributed by atoms with Crippen LogP contribution >= 0.6 is 0 Å². The summed E-state index contributed by atoms with van der Waals surface area (Å²) in [5.41, 5.74) is 9.01. The first kappa shape index (κ1) is 14.5. The predicted molar refractivity (Wildman–Crippen MR) is 82.4 cm³/mol. The van der Waals surface area contributed by atoms with Crippen LogP contribution in [0.1, 0.15) is 24.6 Å². The van der Waals surface area contributed by atoms with Gasteiger partial charge in [0.05, 0.1) is 0 Å². The number of nitrogen functional groups attached to an aromatic ring is 1. The van der Waals surface area contributed by atoms with Crippen LogP contribution in [0.25, 0.3) is 0 Å². The second-order valence-electron chi connectivity index (χ2n) is 4.95. The summed E-state index contributed by atoms with van der Waals surface area (Å²) in [6, 6.07) is 8.21. The molecule has 0 radical (unpaired) electrons. The van der Waals surface area contributed by atoms with Crippen molar-refractivity contribution < 1.29 is 0 Å². The van der Waals surface area contributed by atoms with Gasteiger partial charge in [-0.05, 0) is 43.1 Å². The molecule has 3 N–H and O–H groups in total. The van der Waals surface area contributed by atoms with Crippen LogP contribution < -0.4 is 11.1 Å². The van der Waals surface area contributed by atoms with Gasteiger partial charge in [0, 0.05) is 42.4 Å². The van der Waals surface area contributed by atoms with Crippen LogP contribution in [0.15, 0.2) is 42.9 Å². The van der Waals surface area contributed by atoms with Gasteiger partial charge in [0.1, 0.15) is 0 Å². The van der Waals surface area contributed by atoms with E-state index in [1.165, 1.54) is 0 Å². The molecule has 0 amide bonds. The summed E-state index contributed by atoms with van der Waals surface area (Å²) in [5, 5.41) is 3.57. The van der Waals surface area contributed by atoms with E-state index in [9.17, 15) is 0 Å². The van der Waals surface area contributed by atoms with Crippen molar-refractivity contribution in [3.8, 4) is 0 Å². The molecule has 2 heterocycles. The molecule has 0 saturated heterocycles. The standard InChI is InChI=1S/C16H22N4/c1-2-7-19-15(11-14-5-3-4-8-20-14)10-13-12-18-9-6-16(13)17/h3-6,8-9,12,15,19H,2,7,10-11H2,1H3,(H2,17,18). The molecule has 1 unspecified atom stereocenters. The molecule has 0 bridgehead atoms. The van der Waals surface area contributed by atoms with Crippen LogP contribution in [-0.4, -0.2) is 22.6 Å². The van der Waals surface area contributed by atoms with E-state index < -0.39 is 0 Å². The van der Waals surface area contributed by atoms with Gasteiger partial charge >= 0.3 is 0 Å². The molecule has 2 aromatic heterocycles.